The van der Waals surface area contributed by atoms with Gasteiger partial charge in [0, 0.05) is 32.0 Å². The SMILES string of the molecule is CCn1ccnc1CNCc1ccc(OC[C@H](O)CN2CCCC2)c(OC)c1. The summed E-state index contributed by atoms with van der Waals surface area (Å²) in [4.78, 5) is 6.65. The number of aliphatic hydroxyl groups excluding tert-OH is 1. The number of nitrogens with zero attached hydrogens (tertiary/aromatic N) is 3. The molecule has 3 rings (SSSR count). The molecule has 1 aliphatic heterocycles. The highest BCUT2D eigenvalue weighted by atomic mass is 16.5. The molecule has 2 aromatic rings. The van der Waals surface area contributed by atoms with Crippen molar-refractivity contribution in [2.24, 2.45) is 0 Å². The summed E-state index contributed by atoms with van der Waals surface area (Å²) in [6.07, 6.45) is 5.76. The fraction of sp³-hybridized carbons (Fsp3) is 0.571. The molecule has 0 saturated carbocycles. The van der Waals surface area contributed by atoms with Gasteiger partial charge in [-0.1, -0.05) is 6.07 Å². The average Bonchev–Trinajstić information content (AvgIpc) is 3.38. The van der Waals surface area contributed by atoms with Gasteiger partial charge < -0.3 is 29.4 Å². The number of imidazole rings is 1. The molecule has 7 heteroatoms. The van der Waals surface area contributed by atoms with E-state index in [-0.39, 0.29) is 6.61 Å². The zero-order chi connectivity index (χ0) is 19.8. The molecule has 1 saturated heterocycles. The number of ether oxygens (including phenoxy) is 2. The molecule has 0 unspecified atom stereocenters. The molecule has 1 aromatic carbocycles. The summed E-state index contributed by atoms with van der Waals surface area (Å²) in [7, 11) is 1.64. The number of aryl methyl sites for hydroxylation is 1. The molecule has 1 aliphatic rings. The Morgan fingerprint density at radius 1 is 1.21 bits per heavy atom. The van der Waals surface area contributed by atoms with Gasteiger partial charge in [0.1, 0.15) is 18.5 Å². The summed E-state index contributed by atoms with van der Waals surface area (Å²) in [6.45, 7) is 7.52. The lowest BCUT2D eigenvalue weighted by Gasteiger charge is -2.20. The second-order valence-electron chi connectivity index (χ2n) is 7.19. The van der Waals surface area contributed by atoms with Crippen LogP contribution in [0.3, 0.4) is 0 Å². The van der Waals surface area contributed by atoms with E-state index in [9.17, 15) is 5.11 Å². The molecule has 2 N–H and O–H groups in total. The van der Waals surface area contributed by atoms with Crippen molar-refractivity contribution in [1.82, 2.24) is 19.8 Å². The van der Waals surface area contributed by atoms with Crippen molar-refractivity contribution < 1.29 is 14.6 Å². The second kappa shape index (κ2) is 10.5. The zero-order valence-electron chi connectivity index (χ0n) is 16.9. The Balaban J connectivity index is 1.48. The summed E-state index contributed by atoms with van der Waals surface area (Å²) in [5.41, 5.74) is 1.11. The van der Waals surface area contributed by atoms with E-state index in [0.717, 1.165) is 31.0 Å². The normalized spacial score (nSPS) is 15.7. The standard InChI is InChI=1S/C21H32N4O3/c1-3-25-11-8-23-21(25)14-22-13-17-6-7-19(20(12-17)27-2)28-16-18(26)15-24-9-4-5-10-24/h6-8,11-12,18,22,26H,3-5,9-10,13-16H2,1-2H3/t18-/m1/s1. The van der Waals surface area contributed by atoms with Gasteiger partial charge in [0.05, 0.1) is 13.7 Å². The van der Waals surface area contributed by atoms with Gasteiger partial charge in [-0.25, -0.2) is 4.98 Å². The van der Waals surface area contributed by atoms with Crippen molar-refractivity contribution >= 4 is 0 Å². The topological polar surface area (TPSA) is 71.8 Å². The van der Waals surface area contributed by atoms with E-state index >= 15 is 0 Å². The number of benzene rings is 1. The Morgan fingerprint density at radius 3 is 2.79 bits per heavy atom. The van der Waals surface area contributed by atoms with Crippen molar-refractivity contribution in [3.05, 3.63) is 42.0 Å². The fourth-order valence-corrected chi connectivity index (χ4v) is 3.56. The van der Waals surface area contributed by atoms with Crippen molar-refractivity contribution in [3.63, 3.8) is 0 Å². The second-order valence-corrected chi connectivity index (χ2v) is 7.19. The van der Waals surface area contributed by atoms with Crippen LogP contribution in [0.4, 0.5) is 0 Å². The number of methoxy groups -OCH3 is 1. The van der Waals surface area contributed by atoms with Crippen LogP contribution in [0, 0.1) is 0 Å². The summed E-state index contributed by atoms with van der Waals surface area (Å²) >= 11 is 0. The van der Waals surface area contributed by atoms with E-state index in [1.54, 1.807) is 7.11 Å². The smallest absolute Gasteiger partial charge is 0.161 e. The first-order chi connectivity index (χ1) is 13.7. The third-order valence-electron chi connectivity index (χ3n) is 5.08. The van der Waals surface area contributed by atoms with Crippen LogP contribution in [0.15, 0.2) is 30.6 Å². The van der Waals surface area contributed by atoms with Crippen LogP contribution in [0.1, 0.15) is 31.2 Å². The van der Waals surface area contributed by atoms with E-state index in [2.05, 4.69) is 26.7 Å². The van der Waals surface area contributed by atoms with Crippen LogP contribution in [-0.2, 0) is 19.6 Å². The molecule has 2 heterocycles. The molecular formula is C21H32N4O3. The van der Waals surface area contributed by atoms with Crippen LogP contribution < -0.4 is 14.8 Å². The Kier molecular flexibility index (Phi) is 7.71. The number of β-amino-alcohol motifs (C(OH)–C–C–N with tert-alkyl or cyclic N) is 1. The van der Waals surface area contributed by atoms with Gasteiger partial charge in [0.15, 0.2) is 11.5 Å². The maximum Gasteiger partial charge on any atom is 0.161 e. The van der Waals surface area contributed by atoms with E-state index < -0.39 is 6.10 Å². The third-order valence-corrected chi connectivity index (χ3v) is 5.08. The summed E-state index contributed by atoms with van der Waals surface area (Å²) in [5.74, 6) is 2.37. The van der Waals surface area contributed by atoms with Crippen LogP contribution >= 0.6 is 0 Å². The Hall–Kier alpha value is -2.09. The van der Waals surface area contributed by atoms with Gasteiger partial charge in [0.25, 0.3) is 0 Å². The third kappa shape index (κ3) is 5.70. The van der Waals surface area contributed by atoms with Crippen molar-refractivity contribution in [1.29, 1.82) is 0 Å². The molecule has 0 spiro atoms. The van der Waals surface area contributed by atoms with Crippen LogP contribution in [0.2, 0.25) is 0 Å². The summed E-state index contributed by atoms with van der Waals surface area (Å²) < 4.78 is 13.4. The highest BCUT2D eigenvalue weighted by molar-refractivity contribution is 5.43. The molecule has 1 fully saturated rings. The largest absolute Gasteiger partial charge is 0.493 e. The molecule has 154 valence electrons. The molecule has 28 heavy (non-hydrogen) atoms. The Morgan fingerprint density at radius 2 is 2.04 bits per heavy atom. The minimum absolute atomic E-state index is 0.268. The van der Waals surface area contributed by atoms with Gasteiger partial charge in [-0.05, 0) is 50.6 Å². The lowest BCUT2D eigenvalue weighted by atomic mass is 10.2. The molecule has 0 aliphatic carbocycles. The minimum atomic E-state index is -0.494. The van der Waals surface area contributed by atoms with Crippen molar-refractivity contribution in [3.8, 4) is 11.5 Å². The number of likely N-dealkylation sites (tertiary alicyclic amines) is 1. The Labute approximate surface area is 167 Å². The molecule has 1 atom stereocenters. The molecule has 0 bridgehead atoms. The number of nitrogens with one attached hydrogen (secondary N) is 1. The first-order valence-corrected chi connectivity index (χ1v) is 10.1. The molecular weight excluding hydrogens is 356 g/mol. The maximum atomic E-state index is 10.2. The predicted octanol–water partition coefficient (Wildman–Crippen LogP) is 2.04. The first kappa shape index (κ1) is 20.6. The Bertz CT molecular complexity index is 728. The molecule has 1 aromatic heterocycles. The van der Waals surface area contributed by atoms with Gasteiger partial charge in [-0.3, -0.25) is 0 Å². The van der Waals surface area contributed by atoms with Gasteiger partial charge in [-0.15, -0.1) is 0 Å². The quantitative estimate of drug-likeness (QED) is 0.614. The van der Waals surface area contributed by atoms with Crippen LogP contribution in [0.5, 0.6) is 11.5 Å². The number of aromatic nitrogens is 2. The summed E-state index contributed by atoms with van der Waals surface area (Å²) in [5, 5.41) is 13.6. The molecule has 7 nitrogen and oxygen atoms in total. The fourth-order valence-electron chi connectivity index (χ4n) is 3.56. The molecule has 0 amide bonds. The monoisotopic (exact) mass is 388 g/mol. The van der Waals surface area contributed by atoms with Gasteiger partial charge >= 0.3 is 0 Å². The van der Waals surface area contributed by atoms with E-state index in [1.165, 1.54) is 12.8 Å². The minimum Gasteiger partial charge on any atom is -0.493 e. The van der Waals surface area contributed by atoms with Gasteiger partial charge in [-0.2, -0.15) is 0 Å². The van der Waals surface area contributed by atoms with E-state index in [0.29, 0.717) is 31.1 Å². The van der Waals surface area contributed by atoms with Crippen LogP contribution in [-0.4, -0.2) is 59.0 Å². The highest BCUT2D eigenvalue weighted by Crippen LogP contribution is 2.28. The number of hydrogen-bond acceptors (Lipinski definition) is 6. The number of aliphatic hydroxyl groups is 1. The zero-order valence-corrected chi connectivity index (χ0v) is 16.9. The average molecular weight is 389 g/mol. The van der Waals surface area contributed by atoms with Crippen molar-refractivity contribution in [2.45, 2.75) is 45.5 Å². The lowest BCUT2D eigenvalue weighted by molar-refractivity contribution is 0.0747. The van der Waals surface area contributed by atoms with Gasteiger partial charge in [0.2, 0.25) is 0 Å². The summed E-state index contributed by atoms with van der Waals surface area (Å²) in [6, 6.07) is 5.90. The van der Waals surface area contributed by atoms with E-state index in [1.807, 2.05) is 30.6 Å². The number of rotatable bonds is 11. The maximum absolute atomic E-state index is 10.2. The first-order valence-electron chi connectivity index (χ1n) is 10.1. The van der Waals surface area contributed by atoms with Crippen molar-refractivity contribution in [2.75, 3.05) is 33.4 Å². The number of hydrogen-bond donors (Lipinski definition) is 2. The van der Waals surface area contributed by atoms with Crippen LogP contribution in [0.25, 0.3) is 0 Å². The highest BCUT2D eigenvalue weighted by Gasteiger charge is 2.17. The van der Waals surface area contributed by atoms with E-state index in [4.69, 9.17) is 9.47 Å². The lowest BCUT2D eigenvalue weighted by Crippen LogP contribution is -2.33. The predicted molar refractivity (Wildman–Crippen MR) is 109 cm³/mol. The molecule has 0 radical (unpaired) electrons.